The van der Waals surface area contributed by atoms with Crippen molar-refractivity contribution in [2.75, 3.05) is 32.7 Å². The van der Waals surface area contributed by atoms with Gasteiger partial charge in [0, 0.05) is 36.8 Å². The molecule has 0 unspecified atom stereocenters. The fourth-order valence-electron chi connectivity index (χ4n) is 3.84. The summed E-state index contributed by atoms with van der Waals surface area (Å²) in [5.41, 5.74) is -0.110. The van der Waals surface area contributed by atoms with Crippen molar-refractivity contribution in [3.8, 4) is 6.07 Å². The van der Waals surface area contributed by atoms with Gasteiger partial charge in [0.15, 0.2) is 0 Å². The van der Waals surface area contributed by atoms with Gasteiger partial charge < -0.3 is 10.2 Å². The SMILES string of the molecule is N#CC1(NC(=O)CN2CCN(C(=O)c3cccc(Cl)c3)CC2)CCCCC1. The first-order valence-corrected chi connectivity index (χ1v) is 9.89. The lowest BCUT2D eigenvalue weighted by Gasteiger charge is -2.36. The summed E-state index contributed by atoms with van der Waals surface area (Å²) in [5.74, 6) is -0.139. The minimum absolute atomic E-state index is 0.0350. The first kappa shape index (κ1) is 19.7. The van der Waals surface area contributed by atoms with Crippen LogP contribution >= 0.6 is 11.6 Å². The number of carbonyl (C=O) groups is 2. The highest BCUT2D eigenvalue weighted by atomic mass is 35.5. The topological polar surface area (TPSA) is 76.4 Å². The second-order valence-electron chi connectivity index (χ2n) is 7.38. The van der Waals surface area contributed by atoms with Crippen molar-refractivity contribution in [1.29, 1.82) is 5.26 Å². The van der Waals surface area contributed by atoms with Crippen LogP contribution in [0.4, 0.5) is 0 Å². The number of nitrogens with one attached hydrogen (secondary N) is 1. The highest BCUT2D eigenvalue weighted by molar-refractivity contribution is 6.30. The maximum Gasteiger partial charge on any atom is 0.253 e. The van der Waals surface area contributed by atoms with Crippen LogP contribution in [0.5, 0.6) is 0 Å². The van der Waals surface area contributed by atoms with Gasteiger partial charge in [-0.3, -0.25) is 14.5 Å². The molecule has 1 saturated heterocycles. The zero-order chi connectivity index (χ0) is 19.3. The Morgan fingerprint density at radius 1 is 1.15 bits per heavy atom. The third-order valence-corrected chi connectivity index (χ3v) is 5.63. The zero-order valence-electron chi connectivity index (χ0n) is 15.4. The molecule has 1 aromatic rings. The van der Waals surface area contributed by atoms with Crippen molar-refractivity contribution < 1.29 is 9.59 Å². The summed E-state index contributed by atoms with van der Waals surface area (Å²) in [6, 6.07) is 9.27. The Labute approximate surface area is 165 Å². The third-order valence-electron chi connectivity index (χ3n) is 5.40. The number of carbonyl (C=O) groups excluding carboxylic acids is 2. The van der Waals surface area contributed by atoms with E-state index in [-0.39, 0.29) is 18.4 Å². The van der Waals surface area contributed by atoms with E-state index in [0.717, 1.165) is 32.1 Å². The van der Waals surface area contributed by atoms with Crippen LogP contribution in [0.25, 0.3) is 0 Å². The van der Waals surface area contributed by atoms with E-state index >= 15 is 0 Å². The van der Waals surface area contributed by atoms with Gasteiger partial charge in [0.2, 0.25) is 5.91 Å². The van der Waals surface area contributed by atoms with Crippen molar-refractivity contribution in [1.82, 2.24) is 15.1 Å². The normalized spacial score (nSPS) is 19.9. The second kappa shape index (κ2) is 8.73. The van der Waals surface area contributed by atoms with E-state index in [4.69, 9.17) is 11.6 Å². The molecule has 3 rings (SSSR count). The van der Waals surface area contributed by atoms with Crippen molar-refractivity contribution >= 4 is 23.4 Å². The lowest BCUT2D eigenvalue weighted by Crippen LogP contribution is -2.55. The van der Waals surface area contributed by atoms with Crippen molar-refractivity contribution in [2.24, 2.45) is 0 Å². The molecule has 2 aliphatic rings. The fraction of sp³-hybridized carbons (Fsp3) is 0.550. The number of amides is 2. The van der Waals surface area contributed by atoms with Crippen molar-refractivity contribution in [3.05, 3.63) is 34.9 Å². The number of benzene rings is 1. The predicted octanol–water partition coefficient (Wildman–Crippen LogP) is 2.44. The summed E-state index contributed by atoms with van der Waals surface area (Å²) in [6.07, 6.45) is 4.56. The number of halogens is 1. The van der Waals surface area contributed by atoms with Crippen LogP contribution in [0.1, 0.15) is 42.5 Å². The van der Waals surface area contributed by atoms with Crippen LogP contribution in [-0.2, 0) is 4.79 Å². The van der Waals surface area contributed by atoms with Crippen LogP contribution in [-0.4, -0.2) is 59.9 Å². The molecule has 1 heterocycles. The standard InChI is InChI=1S/C20H25ClN4O2/c21-17-6-4-5-16(13-17)19(27)25-11-9-24(10-12-25)14-18(26)23-20(15-22)7-2-1-3-8-20/h4-6,13H,1-3,7-12,14H2,(H,23,26). The zero-order valence-corrected chi connectivity index (χ0v) is 16.2. The lowest BCUT2D eigenvalue weighted by molar-refractivity contribution is -0.124. The van der Waals surface area contributed by atoms with Gasteiger partial charge in [-0.2, -0.15) is 5.26 Å². The molecule has 27 heavy (non-hydrogen) atoms. The summed E-state index contributed by atoms with van der Waals surface area (Å²) < 4.78 is 0. The quantitative estimate of drug-likeness (QED) is 0.859. The summed E-state index contributed by atoms with van der Waals surface area (Å²) in [6.45, 7) is 2.69. The molecule has 1 aliphatic carbocycles. The highest BCUT2D eigenvalue weighted by Crippen LogP contribution is 2.27. The van der Waals surface area contributed by atoms with Gasteiger partial charge in [-0.15, -0.1) is 0 Å². The summed E-state index contributed by atoms with van der Waals surface area (Å²) in [7, 11) is 0. The van der Waals surface area contributed by atoms with Crippen LogP contribution in [0.3, 0.4) is 0 Å². The first-order chi connectivity index (χ1) is 13.0. The van der Waals surface area contributed by atoms with Gasteiger partial charge in [-0.1, -0.05) is 36.9 Å². The molecule has 1 saturated carbocycles. The molecule has 0 bridgehead atoms. The molecule has 0 atom stereocenters. The number of piperazine rings is 1. The molecular formula is C20H25ClN4O2. The van der Waals surface area contributed by atoms with Crippen molar-refractivity contribution in [3.63, 3.8) is 0 Å². The summed E-state index contributed by atoms with van der Waals surface area (Å²) in [4.78, 5) is 28.8. The maximum atomic E-state index is 12.6. The predicted molar refractivity (Wildman–Crippen MR) is 103 cm³/mol. The molecule has 2 fully saturated rings. The van der Waals surface area contributed by atoms with Crippen molar-refractivity contribution in [2.45, 2.75) is 37.6 Å². The molecular weight excluding hydrogens is 364 g/mol. The molecule has 1 aliphatic heterocycles. The highest BCUT2D eigenvalue weighted by Gasteiger charge is 2.34. The largest absolute Gasteiger partial charge is 0.337 e. The molecule has 1 N–H and O–H groups in total. The van der Waals surface area contributed by atoms with Gasteiger partial charge in [0.05, 0.1) is 12.6 Å². The molecule has 144 valence electrons. The lowest BCUT2D eigenvalue weighted by atomic mass is 9.83. The number of nitrogens with zero attached hydrogens (tertiary/aromatic N) is 3. The molecule has 6 nitrogen and oxygen atoms in total. The molecule has 7 heteroatoms. The monoisotopic (exact) mass is 388 g/mol. The van der Waals surface area contributed by atoms with E-state index in [1.165, 1.54) is 0 Å². The van der Waals surface area contributed by atoms with Gasteiger partial charge in [0.1, 0.15) is 5.54 Å². The molecule has 1 aromatic carbocycles. The Kier molecular flexibility index (Phi) is 6.35. The van der Waals surface area contributed by atoms with Gasteiger partial charge in [-0.05, 0) is 31.0 Å². The Balaban J connectivity index is 1.48. The van der Waals surface area contributed by atoms with E-state index in [1.807, 2.05) is 4.90 Å². The minimum Gasteiger partial charge on any atom is -0.337 e. The number of hydrogen-bond acceptors (Lipinski definition) is 4. The number of hydrogen-bond donors (Lipinski definition) is 1. The van der Waals surface area contributed by atoms with Gasteiger partial charge >= 0.3 is 0 Å². The smallest absolute Gasteiger partial charge is 0.253 e. The van der Waals surface area contributed by atoms with E-state index in [2.05, 4.69) is 11.4 Å². The Morgan fingerprint density at radius 2 is 1.85 bits per heavy atom. The number of nitriles is 1. The summed E-state index contributed by atoms with van der Waals surface area (Å²) in [5, 5.41) is 13.0. The molecule has 2 amide bonds. The molecule has 0 radical (unpaired) electrons. The van der Waals surface area contributed by atoms with Crippen LogP contribution in [0.2, 0.25) is 5.02 Å². The second-order valence-corrected chi connectivity index (χ2v) is 7.82. The Bertz CT molecular complexity index is 732. The average Bonchev–Trinajstić information content (AvgIpc) is 2.68. The van der Waals surface area contributed by atoms with E-state index in [1.54, 1.807) is 29.2 Å². The van der Waals surface area contributed by atoms with E-state index in [9.17, 15) is 14.9 Å². The Hall–Kier alpha value is -2.10. The van der Waals surface area contributed by atoms with E-state index < -0.39 is 5.54 Å². The van der Waals surface area contributed by atoms with E-state index in [0.29, 0.717) is 36.8 Å². The van der Waals surface area contributed by atoms with Gasteiger partial charge in [0.25, 0.3) is 5.91 Å². The van der Waals surface area contributed by atoms with Crippen LogP contribution in [0.15, 0.2) is 24.3 Å². The summed E-state index contributed by atoms with van der Waals surface area (Å²) >= 11 is 5.97. The molecule has 0 spiro atoms. The van der Waals surface area contributed by atoms with Crippen LogP contribution < -0.4 is 5.32 Å². The fourth-order valence-corrected chi connectivity index (χ4v) is 4.03. The number of rotatable bonds is 4. The van der Waals surface area contributed by atoms with Gasteiger partial charge in [-0.25, -0.2) is 0 Å². The third kappa shape index (κ3) is 5.00. The average molecular weight is 389 g/mol. The molecule has 0 aromatic heterocycles. The maximum absolute atomic E-state index is 12.6. The Morgan fingerprint density at radius 3 is 2.48 bits per heavy atom. The van der Waals surface area contributed by atoms with Crippen LogP contribution in [0, 0.1) is 11.3 Å². The first-order valence-electron chi connectivity index (χ1n) is 9.51. The minimum atomic E-state index is -0.695.